The van der Waals surface area contributed by atoms with Crippen molar-refractivity contribution in [3.63, 3.8) is 0 Å². The molecule has 2 aromatic carbocycles. The number of thioether (sulfide) groups is 1. The van der Waals surface area contributed by atoms with Gasteiger partial charge in [0.15, 0.2) is 0 Å². The third-order valence-corrected chi connectivity index (χ3v) is 5.92. The second kappa shape index (κ2) is 8.69. The molecule has 1 aliphatic heterocycles. The topological polar surface area (TPSA) is 20.3 Å². The van der Waals surface area contributed by atoms with Crippen LogP contribution in [0.4, 0.5) is 8.78 Å². The number of amides is 1. The molecule has 0 radical (unpaired) electrons. The zero-order chi connectivity index (χ0) is 18.5. The summed E-state index contributed by atoms with van der Waals surface area (Å²) in [7, 11) is 0. The van der Waals surface area contributed by atoms with Gasteiger partial charge < -0.3 is 4.90 Å². The van der Waals surface area contributed by atoms with Gasteiger partial charge in [0, 0.05) is 40.8 Å². The first-order chi connectivity index (χ1) is 12.5. The van der Waals surface area contributed by atoms with Crippen molar-refractivity contribution in [3.05, 3.63) is 76.3 Å². The molecule has 1 saturated heterocycles. The van der Waals surface area contributed by atoms with E-state index in [-0.39, 0.29) is 11.2 Å². The Labute approximate surface area is 160 Å². The highest BCUT2D eigenvalue weighted by Crippen LogP contribution is 2.36. The van der Waals surface area contributed by atoms with Crippen LogP contribution >= 0.6 is 23.4 Å². The number of benzene rings is 2. The second-order valence-electron chi connectivity index (χ2n) is 5.99. The van der Waals surface area contributed by atoms with Gasteiger partial charge in [-0.2, -0.15) is 11.8 Å². The van der Waals surface area contributed by atoms with Gasteiger partial charge in [-0.25, -0.2) is 8.78 Å². The minimum absolute atomic E-state index is 0.106. The Kier molecular flexibility index (Phi) is 6.33. The van der Waals surface area contributed by atoms with Crippen molar-refractivity contribution in [1.29, 1.82) is 0 Å². The minimum atomic E-state index is -0.443. The molecule has 0 spiro atoms. The quantitative estimate of drug-likeness (QED) is 0.656. The predicted octanol–water partition coefficient (Wildman–Crippen LogP) is 5.34. The van der Waals surface area contributed by atoms with Crippen molar-refractivity contribution in [1.82, 2.24) is 4.90 Å². The summed E-state index contributed by atoms with van der Waals surface area (Å²) in [5.41, 5.74) is 1.15. The molecule has 3 rings (SSSR count). The first-order valence-corrected chi connectivity index (χ1v) is 9.75. The van der Waals surface area contributed by atoms with Gasteiger partial charge in [0.25, 0.3) is 0 Å². The van der Waals surface area contributed by atoms with Gasteiger partial charge in [-0.05, 0) is 42.3 Å². The van der Waals surface area contributed by atoms with E-state index < -0.39 is 11.6 Å². The fourth-order valence-corrected chi connectivity index (χ4v) is 4.32. The molecule has 0 aliphatic carbocycles. The molecule has 26 heavy (non-hydrogen) atoms. The summed E-state index contributed by atoms with van der Waals surface area (Å²) < 4.78 is 27.4. The Morgan fingerprint density at radius 3 is 2.81 bits per heavy atom. The van der Waals surface area contributed by atoms with Gasteiger partial charge in [0.05, 0.1) is 0 Å². The van der Waals surface area contributed by atoms with E-state index in [4.69, 9.17) is 11.6 Å². The molecule has 1 amide bonds. The van der Waals surface area contributed by atoms with Gasteiger partial charge in [0.1, 0.15) is 11.6 Å². The monoisotopic (exact) mass is 393 g/mol. The third-order valence-electron chi connectivity index (χ3n) is 4.27. The first kappa shape index (κ1) is 18.9. The van der Waals surface area contributed by atoms with Crippen LogP contribution in [0.25, 0.3) is 6.08 Å². The fourth-order valence-electron chi connectivity index (χ4n) is 2.88. The molecule has 1 fully saturated rings. The fraction of sp³-hybridized carbons (Fsp3) is 0.250. The Hall–Kier alpha value is -1.85. The van der Waals surface area contributed by atoms with Crippen LogP contribution in [0.2, 0.25) is 5.02 Å². The summed E-state index contributed by atoms with van der Waals surface area (Å²) in [5.74, 6) is -0.276. The molecule has 0 bridgehead atoms. The van der Waals surface area contributed by atoms with Gasteiger partial charge in [-0.3, -0.25) is 4.79 Å². The lowest BCUT2D eigenvalue weighted by Gasteiger charge is -2.18. The van der Waals surface area contributed by atoms with Crippen LogP contribution < -0.4 is 0 Å². The van der Waals surface area contributed by atoms with E-state index in [9.17, 15) is 13.6 Å². The summed E-state index contributed by atoms with van der Waals surface area (Å²) in [6, 6.07) is 10.8. The number of rotatable bonds is 3. The Morgan fingerprint density at radius 2 is 2.00 bits per heavy atom. The molecule has 1 heterocycles. The van der Waals surface area contributed by atoms with Crippen LogP contribution in [0.3, 0.4) is 0 Å². The lowest BCUT2D eigenvalue weighted by atomic mass is 10.1. The lowest BCUT2D eigenvalue weighted by Crippen LogP contribution is -2.31. The van der Waals surface area contributed by atoms with Gasteiger partial charge >= 0.3 is 0 Å². The summed E-state index contributed by atoms with van der Waals surface area (Å²) in [6.07, 6.45) is 3.79. The van der Waals surface area contributed by atoms with Crippen molar-refractivity contribution >= 4 is 35.3 Å². The summed E-state index contributed by atoms with van der Waals surface area (Å²) in [6.45, 7) is 1.07. The molecule has 1 unspecified atom stereocenters. The molecule has 0 saturated carbocycles. The number of carbonyl (C=O) groups excluding carboxylic acids is 1. The van der Waals surface area contributed by atoms with E-state index >= 15 is 0 Å². The molecule has 0 aromatic heterocycles. The molecule has 2 aromatic rings. The predicted molar refractivity (Wildman–Crippen MR) is 103 cm³/mol. The molecular weight excluding hydrogens is 376 g/mol. The van der Waals surface area contributed by atoms with Crippen LogP contribution in [0, 0.1) is 11.6 Å². The maximum atomic E-state index is 14.0. The maximum absolute atomic E-state index is 14.0. The number of halogens is 3. The van der Waals surface area contributed by atoms with E-state index in [0.717, 1.165) is 17.7 Å². The molecular formula is C20H18ClF2NOS. The van der Waals surface area contributed by atoms with Gasteiger partial charge in [-0.1, -0.05) is 29.8 Å². The Morgan fingerprint density at radius 1 is 1.19 bits per heavy atom. The van der Waals surface area contributed by atoms with E-state index in [1.807, 2.05) is 18.2 Å². The highest BCUT2D eigenvalue weighted by atomic mass is 35.5. The normalized spacial score (nSPS) is 18.1. The molecule has 1 atom stereocenters. The summed E-state index contributed by atoms with van der Waals surface area (Å²) >= 11 is 7.64. The molecule has 2 nitrogen and oxygen atoms in total. The van der Waals surface area contributed by atoms with Crippen molar-refractivity contribution < 1.29 is 13.6 Å². The van der Waals surface area contributed by atoms with E-state index in [1.54, 1.807) is 28.8 Å². The highest BCUT2D eigenvalue weighted by molar-refractivity contribution is 7.99. The van der Waals surface area contributed by atoms with Crippen molar-refractivity contribution in [2.24, 2.45) is 0 Å². The number of hydrogen-bond acceptors (Lipinski definition) is 2. The summed E-state index contributed by atoms with van der Waals surface area (Å²) in [4.78, 5) is 14.2. The standard InChI is InChI=1S/C20H18ClF2NOS/c21-17-4-2-1-3-14(17)5-8-20(25)24-10-9-19(26-12-11-24)16-13-15(22)6-7-18(16)23/h1-8,13,19H,9-12H2/b8-5+. The number of carbonyl (C=O) groups is 1. The van der Waals surface area contributed by atoms with Crippen LogP contribution in [-0.4, -0.2) is 29.6 Å². The zero-order valence-electron chi connectivity index (χ0n) is 14.0. The largest absolute Gasteiger partial charge is 0.338 e. The first-order valence-electron chi connectivity index (χ1n) is 8.32. The third kappa shape index (κ3) is 4.65. The number of nitrogens with zero attached hydrogens (tertiary/aromatic N) is 1. The average molecular weight is 394 g/mol. The van der Waals surface area contributed by atoms with Gasteiger partial charge in [-0.15, -0.1) is 0 Å². The second-order valence-corrected chi connectivity index (χ2v) is 7.71. The Bertz CT molecular complexity index is 827. The van der Waals surface area contributed by atoms with Crippen molar-refractivity contribution in [2.45, 2.75) is 11.7 Å². The molecule has 1 aliphatic rings. The van der Waals surface area contributed by atoms with Gasteiger partial charge in [0.2, 0.25) is 5.91 Å². The van der Waals surface area contributed by atoms with Crippen molar-refractivity contribution in [3.8, 4) is 0 Å². The molecule has 0 N–H and O–H groups in total. The summed E-state index contributed by atoms with van der Waals surface area (Å²) in [5, 5.41) is 0.431. The van der Waals surface area contributed by atoms with Crippen LogP contribution in [0.5, 0.6) is 0 Å². The minimum Gasteiger partial charge on any atom is -0.338 e. The zero-order valence-corrected chi connectivity index (χ0v) is 15.6. The maximum Gasteiger partial charge on any atom is 0.246 e. The average Bonchev–Trinajstić information content (AvgIpc) is 2.89. The van der Waals surface area contributed by atoms with Crippen LogP contribution in [-0.2, 0) is 4.79 Å². The Balaban J connectivity index is 1.66. The lowest BCUT2D eigenvalue weighted by molar-refractivity contribution is -0.125. The smallest absolute Gasteiger partial charge is 0.246 e. The van der Waals surface area contributed by atoms with E-state index in [1.165, 1.54) is 12.1 Å². The highest BCUT2D eigenvalue weighted by Gasteiger charge is 2.23. The molecule has 6 heteroatoms. The van der Waals surface area contributed by atoms with E-state index in [0.29, 0.717) is 35.8 Å². The number of hydrogen-bond donors (Lipinski definition) is 0. The van der Waals surface area contributed by atoms with Crippen LogP contribution in [0.1, 0.15) is 22.8 Å². The molecule has 136 valence electrons. The van der Waals surface area contributed by atoms with E-state index in [2.05, 4.69) is 0 Å². The van der Waals surface area contributed by atoms with Crippen LogP contribution in [0.15, 0.2) is 48.5 Å². The SMILES string of the molecule is O=C(/C=C/c1ccccc1Cl)N1CCSC(c2cc(F)ccc2F)CC1. The van der Waals surface area contributed by atoms with Crippen molar-refractivity contribution in [2.75, 3.05) is 18.8 Å².